The van der Waals surface area contributed by atoms with Gasteiger partial charge in [0.2, 0.25) is 0 Å². The third-order valence-electron chi connectivity index (χ3n) is 3.00. The van der Waals surface area contributed by atoms with E-state index >= 15 is 0 Å². The zero-order chi connectivity index (χ0) is 14.0. The summed E-state index contributed by atoms with van der Waals surface area (Å²) >= 11 is 9.65. The zero-order valence-electron chi connectivity index (χ0n) is 10.9. The Bertz CT molecular complexity index is 585. The Labute approximate surface area is 125 Å². The number of nitrogens with zero attached hydrogens (tertiary/aromatic N) is 2. The number of aromatic nitrogens is 2. The maximum Gasteiger partial charge on any atom is 0.161 e. The van der Waals surface area contributed by atoms with Gasteiger partial charge in [0.1, 0.15) is 5.69 Å². The van der Waals surface area contributed by atoms with E-state index in [4.69, 9.17) is 16.3 Å². The fourth-order valence-corrected chi connectivity index (χ4v) is 2.74. The lowest BCUT2D eigenvalue weighted by Crippen LogP contribution is -2.21. The topological polar surface area (TPSA) is 39.1 Å². The van der Waals surface area contributed by atoms with Gasteiger partial charge in [-0.25, -0.2) is 0 Å². The van der Waals surface area contributed by atoms with Crippen molar-refractivity contribution in [1.82, 2.24) is 15.1 Å². The summed E-state index contributed by atoms with van der Waals surface area (Å²) < 4.78 is 8.15. The van der Waals surface area contributed by atoms with E-state index in [1.54, 1.807) is 18.0 Å². The first-order valence-corrected chi connectivity index (χ1v) is 6.93. The Morgan fingerprint density at radius 1 is 1.47 bits per heavy atom. The van der Waals surface area contributed by atoms with Crippen LogP contribution in [0.4, 0.5) is 0 Å². The molecule has 1 aromatic carbocycles. The molecular formula is C13H15BrClN3O. The molecular weight excluding hydrogens is 330 g/mol. The van der Waals surface area contributed by atoms with Gasteiger partial charge in [0.15, 0.2) is 5.75 Å². The van der Waals surface area contributed by atoms with Crippen molar-refractivity contribution in [3.05, 3.63) is 45.1 Å². The number of hydrogen-bond donors (Lipinski definition) is 1. The van der Waals surface area contributed by atoms with Gasteiger partial charge in [-0.15, -0.1) is 0 Å². The van der Waals surface area contributed by atoms with E-state index in [0.29, 0.717) is 5.02 Å². The van der Waals surface area contributed by atoms with Crippen LogP contribution in [0.15, 0.2) is 28.9 Å². The second-order valence-electron chi connectivity index (χ2n) is 4.11. The lowest BCUT2D eigenvalue weighted by molar-refractivity contribution is 0.402. The minimum atomic E-state index is -0.0597. The van der Waals surface area contributed by atoms with Gasteiger partial charge in [0, 0.05) is 16.5 Å². The molecule has 6 heteroatoms. The van der Waals surface area contributed by atoms with E-state index in [9.17, 15) is 0 Å². The summed E-state index contributed by atoms with van der Waals surface area (Å²) in [6.45, 7) is 0. The number of aryl methyl sites for hydroxylation is 1. The van der Waals surface area contributed by atoms with Gasteiger partial charge >= 0.3 is 0 Å². The monoisotopic (exact) mass is 343 g/mol. The van der Waals surface area contributed by atoms with Crippen LogP contribution in [0.1, 0.15) is 17.3 Å². The molecule has 0 radical (unpaired) electrons. The number of nitrogens with one attached hydrogen (secondary N) is 1. The van der Waals surface area contributed by atoms with Crippen molar-refractivity contribution in [3.8, 4) is 5.75 Å². The van der Waals surface area contributed by atoms with Crippen LogP contribution in [0.25, 0.3) is 0 Å². The van der Waals surface area contributed by atoms with Crippen molar-refractivity contribution in [2.24, 2.45) is 7.05 Å². The van der Waals surface area contributed by atoms with Crippen molar-refractivity contribution < 1.29 is 4.74 Å². The van der Waals surface area contributed by atoms with Crippen LogP contribution in [0.2, 0.25) is 5.02 Å². The minimum Gasteiger partial charge on any atom is -0.493 e. The average Bonchev–Trinajstić information content (AvgIpc) is 2.76. The quantitative estimate of drug-likeness (QED) is 0.926. The number of hydrogen-bond acceptors (Lipinski definition) is 3. The number of rotatable bonds is 4. The Morgan fingerprint density at radius 3 is 2.84 bits per heavy atom. The maximum absolute atomic E-state index is 6.09. The number of ether oxygens (including phenoxy) is 1. The van der Waals surface area contributed by atoms with Gasteiger partial charge in [-0.2, -0.15) is 5.10 Å². The molecule has 1 atom stereocenters. The second kappa shape index (κ2) is 5.94. The highest BCUT2D eigenvalue weighted by Gasteiger charge is 2.23. The predicted octanol–water partition coefficient (Wildman–Crippen LogP) is 3.15. The molecule has 0 amide bonds. The second-order valence-corrected chi connectivity index (χ2v) is 5.40. The van der Waals surface area contributed by atoms with Crippen molar-refractivity contribution in [3.63, 3.8) is 0 Å². The van der Waals surface area contributed by atoms with Crippen LogP contribution in [0.5, 0.6) is 5.75 Å². The first-order valence-electron chi connectivity index (χ1n) is 5.76. The maximum atomic E-state index is 6.09. The van der Waals surface area contributed by atoms with Crippen LogP contribution in [0.3, 0.4) is 0 Å². The molecule has 0 spiro atoms. The van der Waals surface area contributed by atoms with Gasteiger partial charge < -0.3 is 10.1 Å². The molecule has 0 fully saturated rings. The van der Waals surface area contributed by atoms with Crippen molar-refractivity contribution in [2.75, 3.05) is 14.2 Å². The lowest BCUT2D eigenvalue weighted by Gasteiger charge is -2.20. The summed E-state index contributed by atoms with van der Waals surface area (Å²) in [6.07, 6.45) is 1.71. The molecule has 0 saturated heterocycles. The summed E-state index contributed by atoms with van der Waals surface area (Å²) in [5.74, 6) is 0.744. The molecule has 1 aromatic heterocycles. The Balaban J connectivity index is 2.56. The molecule has 0 aliphatic heterocycles. The molecule has 0 aliphatic rings. The van der Waals surface area contributed by atoms with Crippen LogP contribution < -0.4 is 10.1 Å². The highest BCUT2D eigenvalue weighted by atomic mass is 79.9. The first-order chi connectivity index (χ1) is 9.08. The number of methoxy groups -OCH3 is 1. The Hall–Kier alpha value is -1.04. The SMILES string of the molecule is CNC(c1cc(Cl)ccc1Br)c1c(OC)cnn1C. The zero-order valence-corrected chi connectivity index (χ0v) is 13.3. The van der Waals surface area contributed by atoms with Crippen LogP contribution in [-0.2, 0) is 7.05 Å². The molecule has 0 bridgehead atoms. The summed E-state index contributed by atoms with van der Waals surface area (Å²) in [5, 5.41) is 8.21. The van der Waals surface area contributed by atoms with E-state index in [-0.39, 0.29) is 6.04 Å². The molecule has 102 valence electrons. The average molecular weight is 345 g/mol. The molecule has 0 saturated carbocycles. The Kier molecular flexibility index (Phi) is 4.50. The lowest BCUT2D eigenvalue weighted by atomic mass is 10.0. The fraction of sp³-hybridized carbons (Fsp3) is 0.308. The third-order valence-corrected chi connectivity index (χ3v) is 3.96. The Morgan fingerprint density at radius 2 is 2.21 bits per heavy atom. The van der Waals surface area contributed by atoms with Gasteiger partial charge in [-0.1, -0.05) is 27.5 Å². The largest absolute Gasteiger partial charge is 0.493 e. The normalized spacial score (nSPS) is 12.5. The van der Waals surface area contributed by atoms with Crippen molar-refractivity contribution in [2.45, 2.75) is 6.04 Å². The van der Waals surface area contributed by atoms with Gasteiger partial charge in [-0.3, -0.25) is 4.68 Å². The third kappa shape index (κ3) is 2.78. The molecule has 1 heterocycles. The smallest absolute Gasteiger partial charge is 0.161 e. The van der Waals surface area contributed by atoms with Gasteiger partial charge in [0.25, 0.3) is 0 Å². The number of benzene rings is 1. The first kappa shape index (κ1) is 14.4. The summed E-state index contributed by atoms with van der Waals surface area (Å²) in [7, 11) is 5.42. The van der Waals surface area contributed by atoms with E-state index in [0.717, 1.165) is 21.5 Å². The minimum absolute atomic E-state index is 0.0597. The van der Waals surface area contributed by atoms with Crippen LogP contribution in [-0.4, -0.2) is 23.9 Å². The standard InChI is InChI=1S/C13H15BrClN3O/c1-16-12(9-6-8(15)4-5-10(9)14)13-11(19-3)7-17-18(13)2/h4-7,12,16H,1-3H3. The molecule has 2 aromatic rings. The van der Waals surface area contributed by atoms with Crippen molar-refractivity contribution in [1.29, 1.82) is 0 Å². The van der Waals surface area contributed by atoms with E-state index < -0.39 is 0 Å². The highest BCUT2D eigenvalue weighted by Crippen LogP contribution is 2.34. The van der Waals surface area contributed by atoms with Crippen LogP contribution in [0, 0.1) is 0 Å². The summed E-state index contributed by atoms with van der Waals surface area (Å²) in [6, 6.07) is 5.66. The number of halogens is 2. The van der Waals surface area contributed by atoms with E-state index in [1.165, 1.54) is 0 Å². The van der Waals surface area contributed by atoms with Gasteiger partial charge in [-0.05, 0) is 30.8 Å². The molecule has 19 heavy (non-hydrogen) atoms. The van der Waals surface area contributed by atoms with Gasteiger partial charge in [0.05, 0.1) is 19.3 Å². The molecule has 1 N–H and O–H groups in total. The molecule has 2 rings (SSSR count). The molecule has 0 aliphatic carbocycles. The van der Waals surface area contributed by atoms with Crippen molar-refractivity contribution >= 4 is 27.5 Å². The summed E-state index contributed by atoms with van der Waals surface area (Å²) in [4.78, 5) is 0. The van der Waals surface area contributed by atoms with E-state index in [2.05, 4.69) is 26.3 Å². The molecule has 4 nitrogen and oxygen atoms in total. The predicted molar refractivity (Wildman–Crippen MR) is 79.8 cm³/mol. The van der Waals surface area contributed by atoms with E-state index in [1.807, 2.05) is 32.3 Å². The van der Waals surface area contributed by atoms with Crippen LogP contribution >= 0.6 is 27.5 Å². The fourth-order valence-electron chi connectivity index (χ4n) is 2.09. The highest BCUT2D eigenvalue weighted by molar-refractivity contribution is 9.10. The molecule has 1 unspecified atom stereocenters. The summed E-state index contributed by atoms with van der Waals surface area (Å²) in [5.41, 5.74) is 1.99.